The van der Waals surface area contributed by atoms with Crippen molar-refractivity contribution in [2.24, 2.45) is 0 Å². The zero-order valence-corrected chi connectivity index (χ0v) is 16.1. The van der Waals surface area contributed by atoms with E-state index in [1.54, 1.807) is 36.4 Å². The molecule has 0 unspecified atom stereocenters. The number of esters is 1. The van der Waals surface area contributed by atoms with Crippen molar-refractivity contribution in [2.75, 3.05) is 0 Å². The van der Waals surface area contributed by atoms with Gasteiger partial charge in [0.25, 0.3) is 0 Å². The van der Waals surface area contributed by atoms with Crippen molar-refractivity contribution in [1.29, 1.82) is 5.26 Å². The fraction of sp³-hybridized carbons (Fsp3) is 0.0417. The number of fused-ring (bicyclic) bond motifs is 1. The Labute approximate surface area is 173 Å². The monoisotopic (exact) mass is 398 g/mol. The Morgan fingerprint density at radius 2 is 1.72 bits per heavy atom. The van der Waals surface area contributed by atoms with Gasteiger partial charge in [-0.15, -0.1) is 0 Å². The van der Waals surface area contributed by atoms with E-state index in [-0.39, 0.29) is 6.61 Å². The highest BCUT2D eigenvalue weighted by atomic mass is 35.5. The third-order valence-electron chi connectivity index (χ3n) is 4.57. The van der Waals surface area contributed by atoms with Crippen LogP contribution in [0.15, 0.2) is 78.9 Å². The predicted molar refractivity (Wildman–Crippen MR) is 112 cm³/mol. The van der Waals surface area contributed by atoms with Gasteiger partial charge in [-0.25, -0.2) is 9.78 Å². The van der Waals surface area contributed by atoms with Gasteiger partial charge >= 0.3 is 5.97 Å². The van der Waals surface area contributed by atoms with Gasteiger partial charge in [0.15, 0.2) is 0 Å². The maximum absolute atomic E-state index is 12.9. The highest BCUT2D eigenvalue weighted by Crippen LogP contribution is 2.26. The molecule has 0 atom stereocenters. The molecule has 0 aliphatic heterocycles. The molecule has 0 amide bonds. The van der Waals surface area contributed by atoms with Gasteiger partial charge in [-0.05, 0) is 30.3 Å². The van der Waals surface area contributed by atoms with Crippen LogP contribution < -0.4 is 0 Å². The van der Waals surface area contributed by atoms with E-state index in [4.69, 9.17) is 16.3 Å². The first-order valence-electron chi connectivity index (χ1n) is 8.96. The molecule has 4 nitrogen and oxygen atoms in total. The molecule has 4 aromatic rings. The van der Waals surface area contributed by atoms with Gasteiger partial charge in [-0.3, -0.25) is 0 Å². The second-order valence-corrected chi connectivity index (χ2v) is 6.86. The number of carbonyl (C=O) groups excluding carboxylic acids is 1. The molecule has 0 aliphatic rings. The van der Waals surface area contributed by atoms with Crippen molar-refractivity contribution in [3.63, 3.8) is 0 Å². The molecule has 4 rings (SSSR count). The molecule has 1 heterocycles. The maximum atomic E-state index is 12.9. The van der Waals surface area contributed by atoms with Crippen molar-refractivity contribution < 1.29 is 9.53 Å². The second kappa shape index (κ2) is 8.14. The van der Waals surface area contributed by atoms with Crippen molar-refractivity contribution in [1.82, 2.24) is 4.98 Å². The maximum Gasteiger partial charge on any atom is 0.339 e. The lowest BCUT2D eigenvalue weighted by Gasteiger charge is -2.11. The first kappa shape index (κ1) is 18.7. The summed E-state index contributed by atoms with van der Waals surface area (Å²) in [6.07, 6.45) is 0. The van der Waals surface area contributed by atoms with Crippen LogP contribution >= 0.6 is 11.6 Å². The van der Waals surface area contributed by atoms with E-state index in [0.717, 1.165) is 5.56 Å². The third-order valence-corrected chi connectivity index (χ3v) is 4.82. The summed E-state index contributed by atoms with van der Waals surface area (Å²) in [5.74, 6) is -0.466. The Bertz CT molecular complexity index is 1240. The van der Waals surface area contributed by atoms with E-state index in [1.165, 1.54) is 0 Å². The molecule has 5 heteroatoms. The molecular weight excluding hydrogens is 384 g/mol. The van der Waals surface area contributed by atoms with Gasteiger partial charge in [0.2, 0.25) is 0 Å². The Morgan fingerprint density at radius 1 is 1.00 bits per heavy atom. The number of hydrogen-bond acceptors (Lipinski definition) is 4. The molecular formula is C24H15ClN2O2. The summed E-state index contributed by atoms with van der Waals surface area (Å²) in [5, 5.41) is 10.6. The summed E-state index contributed by atoms with van der Waals surface area (Å²) in [4.78, 5) is 17.6. The van der Waals surface area contributed by atoms with Crippen LogP contribution in [0.1, 0.15) is 21.5 Å². The van der Waals surface area contributed by atoms with Crippen LogP contribution in [-0.2, 0) is 11.3 Å². The number of ether oxygens (including phenoxy) is 1. The number of benzene rings is 3. The van der Waals surface area contributed by atoms with Gasteiger partial charge in [0.1, 0.15) is 6.61 Å². The molecule has 0 saturated carbocycles. The number of aromatic nitrogens is 1. The van der Waals surface area contributed by atoms with E-state index in [0.29, 0.717) is 38.3 Å². The molecule has 29 heavy (non-hydrogen) atoms. The standard InChI is InChI=1S/C24H15ClN2O2/c25-19-11-9-16(10-12-19)23-13-21(20-7-3-4-8-22(20)27-23)24(28)29-15-18-6-2-1-5-17(18)14-26/h1-13H,15H2. The minimum absolute atomic E-state index is 0.0233. The van der Waals surface area contributed by atoms with Crippen LogP contribution in [0.2, 0.25) is 5.02 Å². The molecule has 3 aromatic carbocycles. The highest BCUT2D eigenvalue weighted by molar-refractivity contribution is 6.30. The van der Waals surface area contributed by atoms with Crippen LogP contribution in [0.4, 0.5) is 0 Å². The van der Waals surface area contributed by atoms with Gasteiger partial charge in [-0.2, -0.15) is 5.26 Å². The first-order valence-corrected chi connectivity index (χ1v) is 9.34. The molecule has 140 valence electrons. The number of nitriles is 1. The molecule has 0 N–H and O–H groups in total. The Balaban J connectivity index is 1.71. The normalized spacial score (nSPS) is 10.5. The fourth-order valence-electron chi connectivity index (χ4n) is 3.09. The lowest BCUT2D eigenvalue weighted by molar-refractivity contribution is 0.0475. The van der Waals surface area contributed by atoms with Crippen LogP contribution in [0, 0.1) is 11.3 Å². The van der Waals surface area contributed by atoms with Gasteiger partial charge in [0.05, 0.1) is 28.4 Å². The number of nitrogens with zero attached hydrogens (tertiary/aromatic N) is 2. The number of pyridine rings is 1. The Morgan fingerprint density at radius 3 is 2.52 bits per heavy atom. The van der Waals surface area contributed by atoms with Crippen molar-refractivity contribution in [2.45, 2.75) is 6.61 Å². The van der Waals surface area contributed by atoms with Crippen molar-refractivity contribution >= 4 is 28.5 Å². The summed E-state index contributed by atoms with van der Waals surface area (Å²) >= 11 is 5.98. The highest BCUT2D eigenvalue weighted by Gasteiger charge is 2.16. The first-order chi connectivity index (χ1) is 14.2. The van der Waals surface area contributed by atoms with E-state index >= 15 is 0 Å². The number of hydrogen-bond donors (Lipinski definition) is 0. The smallest absolute Gasteiger partial charge is 0.339 e. The van der Waals surface area contributed by atoms with Gasteiger partial charge < -0.3 is 4.74 Å². The van der Waals surface area contributed by atoms with E-state index < -0.39 is 5.97 Å². The van der Waals surface area contributed by atoms with Crippen LogP contribution in [0.5, 0.6) is 0 Å². The average Bonchev–Trinajstić information content (AvgIpc) is 2.77. The number of rotatable bonds is 4. The van der Waals surface area contributed by atoms with Crippen molar-refractivity contribution in [3.05, 3.63) is 101 Å². The Hall–Kier alpha value is -3.68. The molecule has 0 saturated heterocycles. The summed E-state index contributed by atoms with van der Waals surface area (Å²) < 4.78 is 5.54. The number of para-hydroxylation sites is 1. The average molecular weight is 399 g/mol. The quantitative estimate of drug-likeness (QED) is 0.408. The minimum Gasteiger partial charge on any atom is -0.457 e. The van der Waals surface area contributed by atoms with E-state index in [9.17, 15) is 10.1 Å². The van der Waals surface area contributed by atoms with Crippen LogP contribution in [-0.4, -0.2) is 11.0 Å². The third kappa shape index (κ3) is 3.96. The van der Waals surface area contributed by atoms with Crippen LogP contribution in [0.25, 0.3) is 22.2 Å². The summed E-state index contributed by atoms with van der Waals surface area (Å²) in [6, 6.07) is 25.6. The minimum atomic E-state index is -0.466. The fourth-order valence-corrected chi connectivity index (χ4v) is 3.22. The van der Waals surface area contributed by atoms with E-state index in [1.807, 2.05) is 42.5 Å². The van der Waals surface area contributed by atoms with E-state index in [2.05, 4.69) is 11.1 Å². The zero-order valence-electron chi connectivity index (χ0n) is 15.3. The lowest BCUT2D eigenvalue weighted by atomic mass is 10.0. The van der Waals surface area contributed by atoms with Gasteiger partial charge in [0, 0.05) is 21.5 Å². The molecule has 0 fully saturated rings. The summed E-state index contributed by atoms with van der Waals surface area (Å²) in [6.45, 7) is 0.0233. The molecule has 0 spiro atoms. The topological polar surface area (TPSA) is 63.0 Å². The predicted octanol–water partition coefficient (Wildman–Crippen LogP) is 5.78. The van der Waals surface area contributed by atoms with Crippen molar-refractivity contribution in [3.8, 4) is 17.3 Å². The molecule has 1 aromatic heterocycles. The lowest BCUT2D eigenvalue weighted by Crippen LogP contribution is -2.08. The SMILES string of the molecule is N#Cc1ccccc1COC(=O)c1cc(-c2ccc(Cl)cc2)nc2ccccc12. The Kier molecular flexibility index (Phi) is 5.24. The van der Waals surface area contributed by atoms with Crippen LogP contribution in [0.3, 0.4) is 0 Å². The number of carbonyl (C=O) groups is 1. The largest absolute Gasteiger partial charge is 0.457 e. The molecule has 0 aliphatic carbocycles. The number of halogens is 1. The van der Waals surface area contributed by atoms with Gasteiger partial charge in [-0.1, -0.05) is 60.1 Å². The zero-order chi connectivity index (χ0) is 20.2. The molecule has 0 radical (unpaired) electrons. The second-order valence-electron chi connectivity index (χ2n) is 6.42. The molecule has 0 bridgehead atoms. The summed E-state index contributed by atoms with van der Waals surface area (Å²) in [7, 11) is 0. The summed E-state index contributed by atoms with van der Waals surface area (Å²) in [5.41, 5.74) is 3.79.